The van der Waals surface area contributed by atoms with Crippen molar-refractivity contribution in [1.29, 1.82) is 0 Å². The van der Waals surface area contributed by atoms with Crippen molar-refractivity contribution in [2.24, 2.45) is 0 Å². The highest BCUT2D eigenvalue weighted by molar-refractivity contribution is 7.89. The normalized spacial score (nSPS) is 18.4. The zero-order valence-electron chi connectivity index (χ0n) is 16.8. The summed E-state index contributed by atoms with van der Waals surface area (Å²) in [6.45, 7) is 6.98. The number of thiophene rings is 1. The van der Waals surface area contributed by atoms with E-state index in [9.17, 15) is 13.2 Å². The van der Waals surface area contributed by atoms with Crippen molar-refractivity contribution in [1.82, 2.24) is 14.2 Å². The van der Waals surface area contributed by atoms with Crippen LogP contribution in [0.1, 0.15) is 33.0 Å². The summed E-state index contributed by atoms with van der Waals surface area (Å²) < 4.78 is 27.5. The number of hydrogen-bond donors (Lipinski definition) is 0. The van der Waals surface area contributed by atoms with Crippen LogP contribution in [0.3, 0.4) is 0 Å². The molecule has 29 heavy (non-hydrogen) atoms. The first-order chi connectivity index (χ1) is 13.9. The van der Waals surface area contributed by atoms with Gasteiger partial charge >= 0.3 is 0 Å². The Kier molecular flexibility index (Phi) is 5.63. The first-order valence-electron chi connectivity index (χ1n) is 9.94. The number of piperazine rings is 1. The number of aromatic nitrogens is 1. The molecule has 0 atom stereocenters. The number of sulfonamides is 1. The van der Waals surface area contributed by atoms with Crippen molar-refractivity contribution >= 4 is 33.1 Å². The number of nitrogens with zero attached hydrogens (tertiary/aromatic N) is 4. The predicted molar refractivity (Wildman–Crippen MR) is 114 cm³/mol. The molecule has 0 aliphatic carbocycles. The Hall–Kier alpha value is -1.97. The van der Waals surface area contributed by atoms with Gasteiger partial charge in [-0.25, -0.2) is 13.4 Å². The highest BCUT2D eigenvalue weighted by Gasteiger charge is 2.33. The minimum absolute atomic E-state index is 0.0698. The van der Waals surface area contributed by atoms with Crippen LogP contribution in [-0.2, 0) is 10.0 Å². The SMILES string of the molecule is Cc1cc(S(=O)(=O)N2CCN(C(=O)c3cccnc3N3CCCC3)CC2)c(C)s1. The maximum Gasteiger partial charge on any atom is 0.257 e. The van der Waals surface area contributed by atoms with E-state index in [1.165, 1.54) is 15.6 Å². The summed E-state index contributed by atoms with van der Waals surface area (Å²) in [5.41, 5.74) is 0.606. The quantitative estimate of drug-likeness (QED) is 0.739. The van der Waals surface area contributed by atoms with E-state index in [2.05, 4.69) is 9.88 Å². The number of anilines is 1. The molecule has 0 N–H and O–H groups in total. The van der Waals surface area contributed by atoms with Crippen molar-refractivity contribution < 1.29 is 13.2 Å². The zero-order chi connectivity index (χ0) is 20.6. The maximum absolute atomic E-state index is 13.2. The first kappa shape index (κ1) is 20.3. The molecule has 9 heteroatoms. The number of carbonyl (C=O) groups excluding carboxylic acids is 1. The van der Waals surface area contributed by atoms with E-state index in [1.807, 2.05) is 19.9 Å². The van der Waals surface area contributed by atoms with Crippen molar-refractivity contribution in [2.75, 3.05) is 44.2 Å². The van der Waals surface area contributed by atoms with Gasteiger partial charge in [-0.1, -0.05) is 0 Å². The number of aryl methyl sites for hydroxylation is 2. The van der Waals surface area contributed by atoms with Gasteiger partial charge in [-0.3, -0.25) is 4.79 Å². The van der Waals surface area contributed by atoms with E-state index >= 15 is 0 Å². The molecule has 0 spiro atoms. The lowest BCUT2D eigenvalue weighted by Gasteiger charge is -2.34. The lowest BCUT2D eigenvalue weighted by Crippen LogP contribution is -2.50. The van der Waals surface area contributed by atoms with Crippen LogP contribution in [0.15, 0.2) is 29.3 Å². The molecule has 0 saturated carbocycles. The minimum Gasteiger partial charge on any atom is -0.356 e. The second kappa shape index (κ2) is 8.04. The molecular weight excluding hydrogens is 408 g/mol. The first-order valence-corrected chi connectivity index (χ1v) is 12.2. The maximum atomic E-state index is 13.2. The number of rotatable bonds is 4. The molecular formula is C20H26N4O3S2. The summed E-state index contributed by atoms with van der Waals surface area (Å²) in [5.74, 6) is 0.675. The largest absolute Gasteiger partial charge is 0.356 e. The predicted octanol–water partition coefficient (Wildman–Crippen LogP) is 2.51. The van der Waals surface area contributed by atoms with Crippen LogP contribution in [0.2, 0.25) is 0 Å². The van der Waals surface area contributed by atoms with Crippen LogP contribution in [0, 0.1) is 13.8 Å². The summed E-state index contributed by atoms with van der Waals surface area (Å²) in [5, 5.41) is 0. The summed E-state index contributed by atoms with van der Waals surface area (Å²) in [4.78, 5) is 23.7. The molecule has 4 heterocycles. The van der Waals surface area contributed by atoms with Gasteiger partial charge in [-0.2, -0.15) is 4.31 Å². The number of amides is 1. The van der Waals surface area contributed by atoms with Gasteiger partial charge in [0, 0.05) is 55.2 Å². The van der Waals surface area contributed by atoms with Crippen LogP contribution in [-0.4, -0.2) is 67.8 Å². The summed E-state index contributed by atoms with van der Waals surface area (Å²) in [6, 6.07) is 5.35. The molecule has 0 bridgehead atoms. The summed E-state index contributed by atoms with van der Waals surface area (Å²) in [7, 11) is -3.52. The van der Waals surface area contributed by atoms with Crippen molar-refractivity contribution in [3.63, 3.8) is 0 Å². The van der Waals surface area contributed by atoms with Gasteiger partial charge in [0.05, 0.1) is 10.5 Å². The van der Waals surface area contributed by atoms with E-state index in [0.29, 0.717) is 36.6 Å². The monoisotopic (exact) mass is 434 g/mol. The number of carbonyl (C=O) groups is 1. The van der Waals surface area contributed by atoms with Gasteiger partial charge in [0.2, 0.25) is 10.0 Å². The molecule has 2 saturated heterocycles. The fourth-order valence-electron chi connectivity index (χ4n) is 4.05. The Balaban J connectivity index is 1.48. The molecule has 1 amide bonds. The van der Waals surface area contributed by atoms with Gasteiger partial charge in [-0.05, 0) is 44.9 Å². The van der Waals surface area contributed by atoms with Crippen LogP contribution in [0.25, 0.3) is 0 Å². The highest BCUT2D eigenvalue weighted by atomic mass is 32.2. The average molecular weight is 435 g/mol. The third-order valence-corrected chi connectivity index (χ3v) is 8.68. The molecule has 156 valence electrons. The Morgan fingerprint density at radius 2 is 1.76 bits per heavy atom. The number of hydrogen-bond acceptors (Lipinski definition) is 6. The smallest absolute Gasteiger partial charge is 0.257 e. The molecule has 7 nitrogen and oxygen atoms in total. The fraction of sp³-hybridized carbons (Fsp3) is 0.500. The second-order valence-corrected chi connectivity index (χ2v) is 10.9. The Bertz CT molecular complexity index is 1000. The van der Waals surface area contributed by atoms with Gasteiger partial charge in [0.25, 0.3) is 5.91 Å². The van der Waals surface area contributed by atoms with Crippen LogP contribution in [0.4, 0.5) is 5.82 Å². The molecule has 4 rings (SSSR count). The molecule has 2 aliphatic rings. The third kappa shape index (κ3) is 3.91. The van der Waals surface area contributed by atoms with Crippen molar-refractivity contribution in [3.05, 3.63) is 39.7 Å². The topological polar surface area (TPSA) is 73.8 Å². The van der Waals surface area contributed by atoms with E-state index < -0.39 is 10.0 Å². The Morgan fingerprint density at radius 3 is 2.38 bits per heavy atom. The zero-order valence-corrected chi connectivity index (χ0v) is 18.4. The number of pyridine rings is 1. The molecule has 0 aromatic carbocycles. The highest BCUT2D eigenvalue weighted by Crippen LogP contribution is 2.29. The molecule has 2 aliphatic heterocycles. The minimum atomic E-state index is -3.52. The molecule has 0 unspecified atom stereocenters. The summed E-state index contributed by atoms with van der Waals surface area (Å²) >= 11 is 1.49. The molecule has 2 fully saturated rings. The lowest BCUT2D eigenvalue weighted by atomic mass is 10.2. The standard InChI is InChI=1S/C20H26N4O3S2/c1-15-14-18(16(2)28-15)29(26,27)24-12-10-23(11-13-24)20(25)17-6-5-7-21-19(17)22-8-3-4-9-22/h5-7,14H,3-4,8-13H2,1-2H3. The van der Waals surface area contributed by atoms with Crippen LogP contribution in [0.5, 0.6) is 0 Å². The van der Waals surface area contributed by atoms with E-state index in [-0.39, 0.29) is 5.91 Å². The molecule has 0 radical (unpaired) electrons. The van der Waals surface area contributed by atoms with Gasteiger partial charge in [0.15, 0.2) is 0 Å². The summed E-state index contributed by atoms with van der Waals surface area (Å²) in [6.07, 6.45) is 3.95. The van der Waals surface area contributed by atoms with Crippen molar-refractivity contribution in [2.45, 2.75) is 31.6 Å². The third-order valence-electron chi connectivity index (χ3n) is 5.56. The van der Waals surface area contributed by atoms with E-state index in [4.69, 9.17) is 0 Å². The van der Waals surface area contributed by atoms with E-state index in [1.54, 1.807) is 23.2 Å². The van der Waals surface area contributed by atoms with Crippen LogP contribution >= 0.6 is 11.3 Å². The second-order valence-electron chi connectivity index (χ2n) is 7.54. The Morgan fingerprint density at radius 1 is 1.07 bits per heavy atom. The lowest BCUT2D eigenvalue weighted by molar-refractivity contribution is 0.0698. The Labute approximate surface area is 176 Å². The molecule has 2 aromatic heterocycles. The average Bonchev–Trinajstić information content (AvgIpc) is 3.37. The molecule has 2 aromatic rings. The van der Waals surface area contributed by atoms with Gasteiger partial charge in [-0.15, -0.1) is 11.3 Å². The van der Waals surface area contributed by atoms with Crippen molar-refractivity contribution in [3.8, 4) is 0 Å². The van der Waals surface area contributed by atoms with E-state index in [0.717, 1.165) is 41.5 Å². The van der Waals surface area contributed by atoms with Crippen LogP contribution < -0.4 is 4.90 Å². The fourth-order valence-corrected chi connectivity index (χ4v) is 7.00. The van der Waals surface area contributed by atoms with Gasteiger partial charge < -0.3 is 9.80 Å². The van der Waals surface area contributed by atoms with Gasteiger partial charge in [0.1, 0.15) is 5.82 Å².